The molecular formula is C18H21NO3. The lowest BCUT2D eigenvalue weighted by atomic mass is 10.1. The minimum absolute atomic E-state index is 0.439. The van der Waals surface area contributed by atoms with Gasteiger partial charge >= 0.3 is 5.97 Å². The first-order valence-corrected chi connectivity index (χ1v) is 7.26. The molecule has 0 saturated carbocycles. The average molecular weight is 299 g/mol. The fourth-order valence-corrected chi connectivity index (χ4v) is 2.27. The largest absolute Gasteiger partial charge is 0.497 e. The number of benzene rings is 2. The van der Waals surface area contributed by atoms with Crippen LogP contribution in [0.3, 0.4) is 0 Å². The van der Waals surface area contributed by atoms with Crippen LogP contribution in [-0.2, 0) is 11.3 Å². The smallest absolute Gasteiger partial charge is 0.308 e. The first-order valence-electron chi connectivity index (χ1n) is 7.26. The number of anilines is 1. The second kappa shape index (κ2) is 7.50. The van der Waals surface area contributed by atoms with Crippen LogP contribution in [-0.4, -0.2) is 24.7 Å². The number of aliphatic carboxylic acids is 1. The van der Waals surface area contributed by atoms with Crippen molar-refractivity contribution in [3.63, 3.8) is 0 Å². The van der Waals surface area contributed by atoms with Crippen molar-refractivity contribution >= 4 is 11.7 Å². The number of carboxylic acids is 1. The van der Waals surface area contributed by atoms with Crippen LogP contribution in [0.15, 0.2) is 54.6 Å². The van der Waals surface area contributed by atoms with E-state index < -0.39 is 11.9 Å². The number of rotatable bonds is 7. The van der Waals surface area contributed by atoms with Crippen molar-refractivity contribution in [1.82, 2.24) is 0 Å². The second-order valence-corrected chi connectivity index (χ2v) is 5.30. The van der Waals surface area contributed by atoms with Gasteiger partial charge in [-0.3, -0.25) is 4.79 Å². The molecule has 1 unspecified atom stereocenters. The van der Waals surface area contributed by atoms with Gasteiger partial charge in [-0.25, -0.2) is 0 Å². The zero-order valence-corrected chi connectivity index (χ0v) is 12.9. The van der Waals surface area contributed by atoms with E-state index >= 15 is 0 Å². The molecule has 0 amide bonds. The standard InChI is InChI=1S/C18H21NO3/c1-14(18(20)21)12-19(13-15-6-4-3-5-7-15)16-8-10-17(22-2)11-9-16/h3-11,14H,12-13H2,1-2H3,(H,20,21). The number of nitrogens with zero attached hydrogens (tertiary/aromatic N) is 1. The Labute approximate surface area is 131 Å². The molecule has 0 aliphatic carbocycles. The van der Waals surface area contributed by atoms with E-state index in [4.69, 9.17) is 4.74 Å². The molecule has 4 nitrogen and oxygen atoms in total. The van der Waals surface area contributed by atoms with Gasteiger partial charge in [0.05, 0.1) is 13.0 Å². The third-order valence-electron chi connectivity index (χ3n) is 3.57. The summed E-state index contributed by atoms with van der Waals surface area (Å²) >= 11 is 0. The molecule has 4 heteroatoms. The zero-order chi connectivity index (χ0) is 15.9. The summed E-state index contributed by atoms with van der Waals surface area (Å²) in [5.41, 5.74) is 2.13. The molecule has 0 saturated heterocycles. The lowest BCUT2D eigenvalue weighted by molar-refractivity contribution is -0.140. The van der Waals surface area contributed by atoms with Crippen molar-refractivity contribution in [3.05, 3.63) is 60.2 Å². The number of carboxylic acid groups (broad SMARTS) is 1. The number of ether oxygens (including phenoxy) is 1. The Kier molecular flexibility index (Phi) is 5.42. The third kappa shape index (κ3) is 4.25. The van der Waals surface area contributed by atoms with Gasteiger partial charge in [0, 0.05) is 18.8 Å². The van der Waals surface area contributed by atoms with E-state index in [0.29, 0.717) is 13.1 Å². The molecule has 0 aliphatic heterocycles. The quantitative estimate of drug-likeness (QED) is 0.851. The molecule has 116 valence electrons. The van der Waals surface area contributed by atoms with Gasteiger partial charge in [0.1, 0.15) is 5.75 Å². The van der Waals surface area contributed by atoms with E-state index in [2.05, 4.69) is 4.90 Å². The Bertz CT molecular complexity index is 595. The SMILES string of the molecule is COc1ccc(N(Cc2ccccc2)CC(C)C(=O)O)cc1. The van der Waals surface area contributed by atoms with Gasteiger partial charge in [-0.15, -0.1) is 0 Å². The van der Waals surface area contributed by atoms with Crippen molar-refractivity contribution in [2.75, 3.05) is 18.6 Å². The summed E-state index contributed by atoms with van der Waals surface area (Å²) in [6.07, 6.45) is 0. The van der Waals surface area contributed by atoms with Gasteiger partial charge in [0.25, 0.3) is 0 Å². The number of carbonyl (C=O) groups is 1. The van der Waals surface area contributed by atoms with Crippen LogP contribution < -0.4 is 9.64 Å². The molecule has 2 aromatic rings. The molecule has 1 atom stereocenters. The predicted octanol–water partition coefficient (Wildman–Crippen LogP) is 3.42. The van der Waals surface area contributed by atoms with Crippen LogP contribution in [0.5, 0.6) is 5.75 Å². The molecule has 0 aliphatic rings. The molecule has 2 rings (SSSR count). The van der Waals surface area contributed by atoms with Crippen LogP contribution in [0.25, 0.3) is 0 Å². The van der Waals surface area contributed by atoms with Crippen molar-refractivity contribution in [2.24, 2.45) is 5.92 Å². The van der Waals surface area contributed by atoms with Crippen LogP contribution in [0, 0.1) is 5.92 Å². The summed E-state index contributed by atoms with van der Waals surface area (Å²) in [5.74, 6) is -0.438. The van der Waals surface area contributed by atoms with Crippen molar-refractivity contribution in [2.45, 2.75) is 13.5 Å². The second-order valence-electron chi connectivity index (χ2n) is 5.30. The molecule has 0 aromatic heterocycles. The van der Waals surface area contributed by atoms with Crippen LogP contribution in [0.2, 0.25) is 0 Å². The van der Waals surface area contributed by atoms with E-state index in [1.807, 2.05) is 54.6 Å². The van der Waals surface area contributed by atoms with Crippen molar-refractivity contribution < 1.29 is 14.6 Å². The van der Waals surface area contributed by atoms with E-state index in [9.17, 15) is 9.90 Å². The van der Waals surface area contributed by atoms with Gasteiger partial charge < -0.3 is 14.7 Å². The molecular weight excluding hydrogens is 278 g/mol. The summed E-state index contributed by atoms with van der Waals surface area (Å²) in [6.45, 7) is 2.85. The number of methoxy groups -OCH3 is 1. The number of hydrogen-bond acceptors (Lipinski definition) is 3. The Morgan fingerprint density at radius 3 is 2.32 bits per heavy atom. The minimum atomic E-state index is -0.786. The molecule has 22 heavy (non-hydrogen) atoms. The van der Waals surface area contributed by atoms with Gasteiger partial charge in [0.15, 0.2) is 0 Å². The highest BCUT2D eigenvalue weighted by Gasteiger charge is 2.17. The Balaban J connectivity index is 2.21. The van der Waals surface area contributed by atoms with Gasteiger partial charge in [-0.1, -0.05) is 37.3 Å². The predicted molar refractivity (Wildman–Crippen MR) is 87.3 cm³/mol. The molecule has 0 bridgehead atoms. The maximum atomic E-state index is 11.2. The number of hydrogen-bond donors (Lipinski definition) is 1. The van der Waals surface area contributed by atoms with Crippen LogP contribution in [0.1, 0.15) is 12.5 Å². The highest BCUT2D eigenvalue weighted by Crippen LogP contribution is 2.22. The Morgan fingerprint density at radius 2 is 1.77 bits per heavy atom. The van der Waals surface area contributed by atoms with Gasteiger partial charge in [-0.05, 0) is 29.8 Å². The summed E-state index contributed by atoms with van der Waals surface area (Å²) in [7, 11) is 1.63. The van der Waals surface area contributed by atoms with Gasteiger partial charge in [0.2, 0.25) is 0 Å². The van der Waals surface area contributed by atoms with Crippen molar-refractivity contribution in [3.8, 4) is 5.75 Å². The first kappa shape index (κ1) is 15.9. The normalized spacial score (nSPS) is 11.7. The first-order chi connectivity index (χ1) is 10.6. The molecule has 0 radical (unpaired) electrons. The summed E-state index contributed by atoms with van der Waals surface area (Å²) in [6, 6.07) is 17.7. The summed E-state index contributed by atoms with van der Waals surface area (Å²) in [5, 5.41) is 9.18. The molecule has 0 heterocycles. The average Bonchev–Trinajstić information content (AvgIpc) is 2.55. The zero-order valence-electron chi connectivity index (χ0n) is 12.9. The lowest BCUT2D eigenvalue weighted by Gasteiger charge is -2.27. The maximum Gasteiger partial charge on any atom is 0.308 e. The molecule has 2 aromatic carbocycles. The summed E-state index contributed by atoms with van der Waals surface area (Å²) < 4.78 is 5.17. The lowest BCUT2D eigenvalue weighted by Crippen LogP contribution is -2.31. The topological polar surface area (TPSA) is 49.8 Å². The molecule has 0 fully saturated rings. The Morgan fingerprint density at radius 1 is 1.14 bits per heavy atom. The fraction of sp³-hybridized carbons (Fsp3) is 0.278. The highest BCUT2D eigenvalue weighted by atomic mass is 16.5. The molecule has 1 N–H and O–H groups in total. The third-order valence-corrected chi connectivity index (χ3v) is 3.57. The molecule has 0 spiro atoms. The van der Waals surface area contributed by atoms with Crippen molar-refractivity contribution in [1.29, 1.82) is 0 Å². The maximum absolute atomic E-state index is 11.2. The van der Waals surface area contributed by atoms with E-state index in [-0.39, 0.29) is 0 Å². The monoisotopic (exact) mass is 299 g/mol. The van der Waals surface area contributed by atoms with Gasteiger partial charge in [-0.2, -0.15) is 0 Å². The minimum Gasteiger partial charge on any atom is -0.497 e. The van der Waals surface area contributed by atoms with E-state index in [1.54, 1.807) is 14.0 Å². The van der Waals surface area contributed by atoms with Crippen LogP contribution >= 0.6 is 0 Å². The fourth-order valence-electron chi connectivity index (χ4n) is 2.27. The Hall–Kier alpha value is -2.49. The highest BCUT2D eigenvalue weighted by molar-refractivity contribution is 5.70. The van der Waals surface area contributed by atoms with E-state index in [1.165, 1.54) is 0 Å². The van der Waals surface area contributed by atoms with Crippen LogP contribution in [0.4, 0.5) is 5.69 Å². The van der Waals surface area contributed by atoms with E-state index in [0.717, 1.165) is 17.0 Å². The summed E-state index contributed by atoms with van der Waals surface area (Å²) in [4.78, 5) is 13.2.